The summed E-state index contributed by atoms with van der Waals surface area (Å²) >= 11 is 5.89. The number of nitrogens with one attached hydrogen (secondary N) is 1. The van der Waals surface area contributed by atoms with Crippen LogP contribution < -0.4 is 4.90 Å². The summed E-state index contributed by atoms with van der Waals surface area (Å²) in [7, 11) is 0. The van der Waals surface area contributed by atoms with Crippen LogP contribution in [0.2, 0.25) is 5.02 Å². The Kier molecular flexibility index (Phi) is 4.62. The Morgan fingerprint density at radius 3 is 2.68 bits per heavy atom. The molecule has 1 atom stereocenters. The maximum atomic E-state index is 13.4. The maximum Gasteiger partial charge on any atom is 0.417 e. The number of fused-ring (bicyclic) bond motifs is 1. The van der Waals surface area contributed by atoms with Crippen molar-refractivity contribution in [2.75, 3.05) is 11.4 Å². The molecule has 1 N–H and O–H groups in total. The third kappa shape index (κ3) is 3.31. The first kappa shape index (κ1) is 20.1. The second-order valence-corrected chi connectivity index (χ2v) is 8.48. The molecular weight excluding hydrogens is 431 g/mol. The van der Waals surface area contributed by atoms with E-state index in [4.69, 9.17) is 11.6 Å². The quantitative estimate of drug-likeness (QED) is 0.579. The minimum Gasteiger partial charge on any atom is -0.348 e. The van der Waals surface area contributed by atoms with Crippen LogP contribution in [0.15, 0.2) is 30.6 Å². The lowest BCUT2D eigenvalue weighted by atomic mass is 9.85. The summed E-state index contributed by atoms with van der Waals surface area (Å²) in [6, 6.07) is 3.19. The van der Waals surface area contributed by atoms with Crippen molar-refractivity contribution in [1.29, 1.82) is 0 Å². The predicted molar refractivity (Wildman–Crippen MR) is 109 cm³/mol. The van der Waals surface area contributed by atoms with Crippen LogP contribution in [-0.2, 0) is 6.18 Å². The third-order valence-electron chi connectivity index (χ3n) is 6.04. The number of alkyl halides is 3. The molecule has 1 fully saturated rings. The lowest BCUT2D eigenvalue weighted by molar-refractivity contribution is -0.137. The van der Waals surface area contributed by atoms with E-state index in [0.717, 1.165) is 24.7 Å². The fourth-order valence-electron chi connectivity index (χ4n) is 4.14. The highest BCUT2D eigenvalue weighted by Gasteiger charge is 2.37. The molecular formula is C21H19ClF3N5O. The minimum absolute atomic E-state index is 0.174. The summed E-state index contributed by atoms with van der Waals surface area (Å²) in [5.74, 6) is 0.971. The number of benzene rings is 1. The minimum atomic E-state index is -4.56. The first-order valence-corrected chi connectivity index (χ1v) is 10.4. The van der Waals surface area contributed by atoms with Gasteiger partial charge in [-0.3, -0.25) is 9.48 Å². The molecule has 3 aromatic rings. The lowest BCUT2D eigenvalue weighted by Crippen LogP contribution is -2.42. The van der Waals surface area contributed by atoms with Crippen LogP contribution in [0.5, 0.6) is 0 Å². The fraction of sp³-hybridized carbons (Fsp3) is 0.381. The number of halogens is 4. The molecule has 5 rings (SSSR count). The Bertz CT molecular complexity index is 1160. The van der Waals surface area contributed by atoms with Crippen molar-refractivity contribution >= 4 is 23.2 Å². The van der Waals surface area contributed by atoms with Gasteiger partial charge in [0.1, 0.15) is 11.5 Å². The number of carbonyl (C=O) groups excluding carboxylic acids is 1. The number of carbonyl (C=O) groups is 1. The summed E-state index contributed by atoms with van der Waals surface area (Å²) in [5.41, 5.74) is 0.977. The number of nitrogens with zero attached hydrogens (tertiary/aromatic N) is 4. The highest BCUT2D eigenvalue weighted by atomic mass is 35.5. The molecule has 3 heterocycles. The van der Waals surface area contributed by atoms with E-state index in [0.29, 0.717) is 28.6 Å². The smallest absolute Gasteiger partial charge is 0.348 e. The second kappa shape index (κ2) is 7.12. The Labute approximate surface area is 181 Å². The van der Waals surface area contributed by atoms with E-state index in [1.807, 2.05) is 6.92 Å². The molecule has 0 saturated heterocycles. The lowest BCUT2D eigenvalue weighted by Gasteiger charge is -2.32. The van der Waals surface area contributed by atoms with Gasteiger partial charge < -0.3 is 9.88 Å². The molecule has 0 spiro atoms. The van der Waals surface area contributed by atoms with E-state index < -0.39 is 16.8 Å². The van der Waals surface area contributed by atoms with Gasteiger partial charge in [0, 0.05) is 24.3 Å². The number of H-pyrrole nitrogens is 1. The summed E-state index contributed by atoms with van der Waals surface area (Å²) in [5, 5.41) is 3.94. The zero-order valence-corrected chi connectivity index (χ0v) is 17.3. The maximum absolute atomic E-state index is 13.4. The van der Waals surface area contributed by atoms with Gasteiger partial charge in [-0.25, -0.2) is 4.98 Å². The summed E-state index contributed by atoms with van der Waals surface area (Å²) < 4.78 is 40.8. The standard InChI is InChI=1S/C21H19ClF3N5O/c1-11-10-29(13-5-6-15(16(22)7-13)21(23,24)25)20(31)18-14(8-27-30(11)18)17-9-26-19(28-17)12-3-2-4-12/h5-9,11-12H,2-4,10H2,1H3,(H,26,28). The van der Waals surface area contributed by atoms with E-state index in [1.54, 1.807) is 17.1 Å². The van der Waals surface area contributed by atoms with Crippen molar-refractivity contribution in [1.82, 2.24) is 19.7 Å². The largest absolute Gasteiger partial charge is 0.417 e. The van der Waals surface area contributed by atoms with Gasteiger partial charge in [-0.2, -0.15) is 18.3 Å². The van der Waals surface area contributed by atoms with E-state index in [-0.39, 0.29) is 18.5 Å². The number of rotatable bonds is 3. The van der Waals surface area contributed by atoms with Crippen LogP contribution in [0.4, 0.5) is 18.9 Å². The number of anilines is 1. The number of aromatic nitrogens is 4. The Balaban J connectivity index is 1.51. The third-order valence-corrected chi connectivity index (χ3v) is 6.36. The van der Waals surface area contributed by atoms with Gasteiger partial charge >= 0.3 is 6.18 Å². The van der Waals surface area contributed by atoms with Gasteiger partial charge in [-0.1, -0.05) is 18.0 Å². The van der Waals surface area contributed by atoms with Gasteiger partial charge in [0.25, 0.3) is 5.91 Å². The Morgan fingerprint density at radius 2 is 2.03 bits per heavy atom. The van der Waals surface area contributed by atoms with Crippen molar-refractivity contribution in [2.45, 2.75) is 44.3 Å². The van der Waals surface area contributed by atoms with Crippen molar-refractivity contribution in [3.8, 4) is 11.3 Å². The van der Waals surface area contributed by atoms with Gasteiger partial charge in [-0.15, -0.1) is 0 Å². The van der Waals surface area contributed by atoms with E-state index >= 15 is 0 Å². The predicted octanol–water partition coefficient (Wildman–Crippen LogP) is 5.43. The molecule has 1 saturated carbocycles. The molecule has 0 radical (unpaired) electrons. The zero-order valence-electron chi connectivity index (χ0n) is 16.6. The highest BCUT2D eigenvalue weighted by Crippen LogP contribution is 2.39. The van der Waals surface area contributed by atoms with Crippen LogP contribution >= 0.6 is 11.6 Å². The number of hydrogen-bond donors (Lipinski definition) is 1. The SMILES string of the molecule is CC1CN(c2ccc(C(F)(F)F)c(Cl)c2)C(=O)c2c(-c3c[nH]c(C4CCC4)n3)cnn21. The second-order valence-electron chi connectivity index (χ2n) is 8.08. The van der Waals surface area contributed by atoms with E-state index in [1.165, 1.54) is 23.5 Å². The van der Waals surface area contributed by atoms with Gasteiger partial charge in [0.15, 0.2) is 0 Å². The molecule has 1 unspecified atom stereocenters. The van der Waals surface area contributed by atoms with E-state index in [2.05, 4.69) is 15.1 Å². The van der Waals surface area contributed by atoms with Gasteiger partial charge in [-0.05, 0) is 38.0 Å². The summed E-state index contributed by atoms with van der Waals surface area (Å²) in [6.07, 6.45) is 2.21. The topological polar surface area (TPSA) is 66.8 Å². The normalized spacial score (nSPS) is 19.5. The van der Waals surface area contributed by atoms with Crippen molar-refractivity contribution in [2.24, 2.45) is 0 Å². The molecule has 1 aliphatic heterocycles. The Morgan fingerprint density at radius 1 is 1.26 bits per heavy atom. The van der Waals surface area contributed by atoms with Crippen LogP contribution in [0, 0.1) is 0 Å². The molecule has 0 bridgehead atoms. The first-order valence-electron chi connectivity index (χ1n) is 10.1. The monoisotopic (exact) mass is 449 g/mol. The molecule has 1 aliphatic carbocycles. The highest BCUT2D eigenvalue weighted by molar-refractivity contribution is 6.31. The fourth-order valence-corrected chi connectivity index (χ4v) is 4.42. The molecule has 1 amide bonds. The number of hydrogen-bond acceptors (Lipinski definition) is 3. The van der Waals surface area contributed by atoms with Gasteiger partial charge in [0.2, 0.25) is 0 Å². The average molecular weight is 450 g/mol. The van der Waals surface area contributed by atoms with E-state index in [9.17, 15) is 18.0 Å². The average Bonchev–Trinajstić information content (AvgIpc) is 3.29. The molecule has 162 valence electrons. The zero-order chi connectivity index (χ0) is 21.9. The molecule has 6 nitrogen and oxygen atoms in total. The first-order chi connectivity index (χ1) is 14.7. The van der Waals surface area contributed by atoms with Crippen molar-refractivity contribution < 1.29 is 18.0 Å². The molecule has 31 heavy (non-hydrogen) atoms. The van der Waals surface area contributed by atoms with Crippen LogP contribution in [0.3, 0.4) is 0 Å². The number of amides is 1. The summed E-state index contributed by atoms with van der Waals surface area (Å²) in [4.78, 5) is 22.7. The number of imidazole rings is 1. The van der Waals surface area contributed by atoms with Gasteiger partial charge in [0.05, 0.1) is 34.1 Å². The van der Waals surface area contributed by atoms with Crippen LogP contribution in [0.25, 0.3) is 11.3 Å². The summed E-state index contributed by atoms with van der Waals surface area (Å²) in [6.45, 7) is 2.16. The van der Waals surface area contributed by atoms with Crippen LogP contribution in [-0.4, -0.2) is 32.2 Å². The molecule has 2 aliphatic rings. The molecule has 2 aromatic heterocycles. The van der Waals surface area contributed by atoms with Crippen LogP contribution in [0.1, 0.15) is 60.0 Å². The van der Waals surface area contributed by atoms with Crippen molar-refractivity contribution in [3.05, 3.63) is 52.7 Å². The molecule has 1 aromatic carbocycles. The number of aromatic amines is 1. The molecule has 10 heteroatoms. The van der Waals surface area contributed by atoms with Crippen molar-refractivity contribution in [3.63, 3.8) is 0 Å². The Hall–Kier alpha value is -2.81.